The van der Waals surface area contributed by atoms with Gasteiger partial charge in [0.05, 0.1) is 11.1 Å². The van der Waals surface area contributed by atoms with E-state index in [0.717, 1.165) is 18.4 Å². The van der Waals surface area contributed by atoms with E-state index in [4.69, 9.17) is 11.0 Å². The van der Waals surface area contributed by atoms with E-state index < -0.39 is 12.3 Å². The van der Waals surface area contributed by atoms with Gasteiger partial charge in [0, 0.05) is 18.0 Å². The first-order chi connectivity index (χ1) is 12.6. The molecule has 0 amide bonds. The summed E-state index contributed by atoms with van der Waals surface area (Å²) in [7, 11) is 0. The Hall–Kier alpha value is -3.48. The molecule has 0 bridgehead atoms. The van der Waals surface area contributed by atoms with Crippen LogP contribution < -0.4 is 5.32 Å². The molecule has 1 N–H and O–H groups in total. The van der Waals surface area contributed by atoms with Gasteiger partial charge in [0.25, 0.3) is 17.6 Å². The summed E-state index contributed by atoms with van der Waals surface area (Å²) in [6.07, 6.45) is 3.47. The standard InChI is InChI=1S/C16H11F2N7O/c1-19-11-3-2-10(8-20-11)16(4-5-16)23-15-21-6-9(7-22-15)13-24-25-14(26-13)12(17)18/h2-3,6-8,12H,4-5H2,(H,21,22,23). The third kappa shape index (κ3) is 2.95. The van der Waals surface area contributed by atoms with Crippen LogP contribution in [-0.2, 0) is 5.54 Å². The Bertz CT molecular complexity index is 960. The molecule has 1 saturated carbocycles. The van der Waals surface area contributed by atoms with Crippen molar-refractivity contribution in [1.82, 2.24) is 25.1 Å². The predicted octanol–water partition coefficient (Wildman–Crippen LogP) is 3.51. The first-order valence-electron chi connectivity index (χ1n) is 7.66. The monoisotopic (exact) mass is 355 g/mol. The number of aromatic nitrogens is 5. The average Bonchev–Trinajstić information content (AvgIpc) is 3.27. The predicted molar refractivity (Wildman–Crippen MR) is 85.3 cm³/mol. The Balaban J connectivity index is 1.51. The number of nitrogens with zero attached hydrogens (tertiary/aromatic N) is 6. The van der Waals surface area contributed by atoms with Crippen LogP contribution in [0.5, 0.6) is 0 Å². The molecule has 3 aromatic heterocycles. The van der Waals surface area contributed by atoms with Crippen molar-refractivity contribution < 1.29 is 13.2 Å². The summed E-state index contributed by atoms with van der Waals surface area (Å²) in [6, 6.07) is 3.53. The number of nitrogens with one attached hydrogen (secondary N) is 1. The van der Waals surface area contributed by atoms with Gasteiger partial charge in [0.15, 0.2) is 0 Å². The molecule has 10 heteroatoms. The number of halogens is 2. The van der Waals surface area contributed by atoms with Gasteiger partial charge >= 0.3 is 6.43 Å². The Morgan fingerprint density at radius 2 is 1.88 bits per heavy atom. The maximum Gasteiger partial charge on any atom is 0.314 e. The maximum absolute atomic E-state index is 12.5. The van der Waals surface area contributed by atoms with Gasteiger partial charge in [0.1, 0.15) is 6.20 Å². The summed E-state index contributed by atoms with van der Waals surface area (Å²) in [6.45, 7) is 6.95. The first-order valence-corrected chi connectivity index (χ1v) is 7.66. The maximum atomic E-state index is 12.5. The lowest BCUT2D eigenvalue weighted by Crippen LogP contribution is -2.20. The van der Waals surface area contributed by atoms with E-state index in [1.54, 1.807) is 12.3 Å². The highest BCUT2D eigenvalue weighted by Crippen LogP contribution is 2.47. The Kier molecular flexibility index (Phi) is 3.76. The fourth-order valence-corrected chi connectivity index (χ4v) is 2.50. The van der Waals surface area contributed by atoms with Crippen LogP contribution >= 0.6 is 0 Å². The van der Waals surface area contributed by atoms with E-state index in [-0.39, 0.29) is 11.4 Å². The SMILES string of the molecule is [C-]#[N+]c1ccc(C2(Nc3ncc(-c4nnc(C(F)F)o4)cn3)CC2)cn1. The van der Waals surface area contributed by atoms with Gasteiger partial charge in [-0.15, -0.1) is 15.2 Å². The van der Waals surface area contributed by atoms with Gasteiger partial charge in [-0.2, -0.15) is 8.78 Å². The number of anilines is 1. The first kappa shape index (κ1) is 16.0. The Morgan fingerprint density at radius 3 is 2.42 bits per heavy atom. The van der Waals surface area contributed by atoms with E-state index >= 15 is 0 Å². The molecule has 130 valence electrons. The van der Waals surface area contributed by atoms with Gasteiger partial charge in [-0.3, -0.25) is 0 Å². The van der Waals surface area contributed by atoms with Crippen molar-refractivity contribution in [3.63, 3.8) is 0 Å². The van der Waals surface area contributed by atoms with E-state index in [0.29, 0.717) is 17.3 Å². The molecule has 3 heterocycles. The van der Waals surface area contributed by atoms with Gasteiger partial charge in [0.2, 0.25) is 5.95 Å². The molecule has 0 aromatic carbocycles. The normalized spacial score (nSPS) is 14.8. The number of hydrogen-bond donors (Lipinski definition) is 1. The second-order valence-corrected chi connectivity index (χ2v) is 5.77. The van der Waals surface area contributed by atoms with Crippen LogP contribution in [0.4, 0.5) is 20.5 Å². The quantitative estimate of drug-likeness (QED) is 0.700. The highest BCUT2D eigenvalue weighted by atomic mass is 19.3. The van der Waals surface area contributed by atoms with Crippen molar-refractivity contribution in [2.45, 2.75) is 24.8 Å². The molecular weight excluding hydrogens is 344 g/mol. The lowest BCUT2D eigenvalue weighted by molar-refractivity contribution is 0.116. The fraction of sp³-hybridized carbons (Fsp3) is 0.250. The molecule has 1 aliphatic rings. The number of hydrogen-bond acceptors (Lipinski definition) is 7. The minimum Gasteiger partial charge on any atom is -0.415 e. The number of alkyl halides is 2. The van der Waals surface area contributed by atoms with E-state index in [1.165, 1.54) is 12.4 Å². The highest BCUT2D eigenvalue weighted by Gasteiger charge is 2.45. The largest absolute Gasteiger partial charge is 0.415 e. The van der Waals surface area contributed by atoms with Crippen molar-refractivity contribution in [1.29, 1.82) is 0 Å². The molecular formula is C16H11F2N7O. The summed E-state index contributed by atoms with van der Waals surface area (Å²) in [5.41, 5.74) is 1.00. The number of rotatable bonds is 5. The molecule has 1 aliphatic carbocycles. The van der Waals surface area contributed by atoms with Crippen molar-refractivity contribution in [3.05, 3.63) is 53.6 Å². The Labute approximate surface area is 146 Å². The third-order valence-electron chi connectivity index (χ3n) is 4.04. The molecule has 0 spiro atoms. The van der Waals surface area contributed by atoms with Crippen molar-refractivity contribution in [2.75, 3.05) is 5.32 Å². The minimum atomic E-state index is -2.82. The van der Waals surface area contributed by atoms with Gasteiger partial charge in [-0.25, -0.2) is 9.97 Å². The minimum absolute atomic E-state index is 0.0630. The summed E-state index contributed by atoms with van der Waals surface area (Å²) in [5.74, 6) is -0.0802. The van der Waals surface area contributed by atoms with Crippen LogP contribution in [0.2, 0.25) is 0 Å². The molecule has 0 saturated heterocycles. The summed E-state index contributed by atoms with van der Waals surface area (Å²) < 4.78 is 29.9. The van der Waals surface area contributed by atoms with Gasteiger partial charge < -0.3 is 14.6 Å². The van der Waals surface area contributed by atoms with Crippen LogP contribution in [0.1, 0.15) is 30.7 Å². The number of pyridine rings is 1. The van der Waals surface area contributed by atoms with Gasteiger partial charge in [-0.05, 0) is 18.9 Å². The fourth-order valence-electron chi connectivity index (χ4n) is 2.50. The molecule has 0 atom stereocenters. The van der Waals surface area contributed by atoms with Crippen LogP contribution in [0, 0.1) is 6.57 Å². The Morgan fingerprint density at radius 1 is 1.12 bits per heavy atom. The smallest absolute Gasteiger partial charge is 0.314 e. The second kappa shape index (κ2) is 6.11. The molecule has 0 aliphatic heterocycles. The molecule has 0 unspecified atom stereocenters. The van der Waals surface area contributed by atoms with E-state index in [2.05, 4.69) is 35.3 Å². The zero-order valence-electron chi connectivity index (χ0n) is 13.2. The van der Waals surface area contributed by atoms with Gasteiger partial charge in [-0.1, -0.05) is 12.6 Å². The summed E-state index contributed by atoms with van der Waals surface area (Å²) in [4.78, 5) is 15.7. The van der Waals surface area contributed by atoms with Crippen LogP contribution in [-0.4, -0.2) is 25.1 Å². The lowest BCUT2D eigenvalue weighted by atomic mass is 10.1. The molecule has 8 nitrogen and oxygen atoms in total. The molecule has 3 aromatic rings. The van der Waals surface area contributed by atoms with Crippen molar-refractivity contribution in [3.8, 4) is 11.5 Å². The highest BCUT2D eigenvalue weighted by molar-refractivity contribution is 5.51. The van der Waals surface area contributed by atoms with Crippen molar-refractivity contribution in [2.24, 2.45) is 0 Å². The molecule has 26 heavy (non-hydrogen) atoms. The van der Waals surface area contributed by atoms with E-state index in [9.17, 15) is 8.78 Å². The zero-order valence-corrected chi connectivity index (χ0v) is 13.2. The average molecular weight is 355 g/mol. The zero-order chi connectivity index (χ0) is 18.1. The van der Waals surface area contributed by atoms with Crippen LogP contribution in [0.15, 0.2) is 35.1 Å². The van der Waals surface area contributed by atoms with Crippen molar-refractivity contribution >= 4 is 11.8 Å². The van der Waals surface area contributed by atoms with E-state index in [1.807, 2.05) is 6.07 Å². The topological polar surface area (TPSA) is 94.0 Å². The molecule has 0 radical (unpaired) electrons. The third-order valence-corrected chi connectivity index (χ3v) is 4.04. The van der Waals surface area contributed by atoms with Crippen LogP contribution in [0.25, 0.3) is 16.3 Å². The second-order valence-electron chi connectivity index (χ2n) is 5.77. The summed E-state index contributed by atoms with van der Waals surface area (Å²) >= 11 is 0. The molecule has 1 fully saturated rings. The van der Waals surface area contributed by atoms with Crippen LogP contribution in [0.3, 0.4) is 0 Å². The lowest BCUT2D eigenvalue weighted by Gasteiger charge is -2.16. The summed E-state index contributed by atoms with van der Waals surface area (Å²) in [5, 5.41) is 10.1. The molecule has 4 rings (SSSR count).